The number of halogens is 2. The number of rotatable bonds is 6. The lowest BCUT2D eigenvalue weighted by atomic mass is 10.1. The van der Waals surface area contributed by atoms with Crippen LogP contribution in [-0.2, 0) is 11.3 Å². The van der Waals surface area contributed by atoms with Gasteiger partial charge in [-0.05, 0) is 65.2 Å². The predicted molar refractivity (Wildman–Crippen MR) is 135 cm³/mol. The Bertz CT molecular complexity index is 1550. The number of nitrogens with zero attached hydrogens (tertiary/aromatic N) is 4. The molecule has 35 heavy (non-hydrogen) atoms. The Balaban J connectivity index is 1.40. The Morgan fingerprint density at radius 3 is 2.74 bits per heavy atom. The summed E-state index contributed by atoms with van der Waals surface area (Å²) >= 11 is 6.46. The van der Waals surface area contributed by atoms with Crippen molar-refractivity contribution in [3.8, 4) is 11.1 Å². The maximum atomic E-state index is 13.6. The van der Waals surface area contributed by atoms with Crippen molar-refractivity contribution in [2.24, 2.45) is 0 Å². The number of amides is 1. The van der Waals surface area contributed by atoms with E-state index in [0.717, 1.165) is 33.3 Å². The molecule has 6 nitrogen and oxygen atoms in total. The molecule has 5 rings (SSSR count). The van der Waals surface area contributed by atoms with E-state index in [1.165, 1.54) is 24.4 Å². The Morgan fingerprint density at radius 2 is 1.91 bits per heavy atom. The summed E-state index contributed by atoms with van der Waals surface area (Å²) < 4.78 is 15.6. The number of fused-ring (bicyclic) bond motifs is 1. The van der Waals surface area contributed by atoms with Gasteiger partial charge in [0.15, 0.2) is 0 Å². The summed E-state index contributed by atoms with van der Waals surface area (Å²) in [7, 11) is 0. The topological polar surface area (TPSA) is 72.7 Å². The van der Waals surface area contributed by atoms with Gasteiger partial charge in [-0.15, -0.1) is 0 Å². The minimum absolute atomic E-state index is 0.277. The Labute approximate surface area is 205 Å². The monoisotopic (exact) mass is 483 g/mol. The highest BCUT2D eigenvalue weighted by atomic mass is 35.5. The van der Waals surface area contributed by atoms with Crippen LogP contribution in [0, 0.1) is 5.82 Å². The lowest BCUT2D eigenvalue weighted by Gasteiger charge is -2.09. The summed E-state index contributed by atoms with van der Waals surface area (Å²) in [5.41, 5.74) is 4.95. The van der Waals surface area contributed by atoms with E-state index < -0.39 is 0 Å². The molecule has 0 bridgehead atoms. The van der Waals surface area contributed by atoms with Crippen LogP contribution in [-0.4, -0.2) is 25.4 Å². The molecule has 172 valence electrons. The van der Waals surface area contributed by atoms with Gasteiger partial charge in [-0.1, -0.05) is 29.8 Å². The molecule has 5 aromatic rings. The molecule has 1 N–H and O–H groups in total. The van der Waals surface area contributed by atoms with Crippen LogP contribution < -0.4 is 5.32 Å². The molecule has 0 radical (unpaired) electrons. The predicted octanol–water partition coefficient (Wildman–Crippen LogP) is 5.99. The number of pyridine rings is 2. The van der Waals surface area contributed by atoms with Gasteiger partial charge >= 0.3 is 0 Å². The molecule has 2 aromatic carbocycles. The first kappa shape index (κ1) is 22.4. The third kappa shape index (κ3) is 5.26. The average Bonchev–Trinajstić information content (AvgIpc) is 3.26. The fraction of sp³-hybridized carbons (Fsp3) is 0.0370. The smallest absolute Gasteiger partial charge is 0.249 e. The van der Waals surface area contributed by atoms with Crippen LogP contribution >= 0.6 is 11.6 Å². The summed E-state index contributed by atoms with van der Waals surface area (Å²) in [6, 6.07) is 17.6. The van der Waals surface area contributed by atoms with Crippen molar-refractivity contribution in [3.05, 3.63) is 114 Å². The second-order valence-electron chi connectivity index (χ2n) is 7.86. The molecule has 0 saturated heterocycles. The number of carbonyl (C=O) groups is 1. The maximum Gasteiger partial charge on any atom is 0.249 e. The first-order chi connectivity index (χ1) is 17.0. The van der Waals surface area contributed by atoms with Gasteiger partial charge in [0.05, 0.1) is 22.4 Å². The van der Waals surface area contributed by atoms with E-state index in [-0.39, 0.29) is 11.7 Å². The van der Waals surface area contributed by atoms with Crippen LogP contribution in [0.2, 0.25) is 5.02 Å². The molecule has 0 fully saturated rings. The van der Waals surface area contributed by atoms with E-state index in [9.17, 15) is 9.18 Å². The number of nitrogens with one attached hydrogen (secondary N) is 1. The second kappa shape index (κ2) is 9.87. The van der Waals surface area contributed by atoms with Crippen LogP contribution in [0.25, 0.3) is 28.2 Å². The van der Waals surface area contributed by atoms with Crippen molar-refractivity contribution < 1.29 is 9.18 Å². The van der Waals surface area contributed by atoms with Gasteiger partial charge in [0.25, 0.3) is 0 Å². The molecule has 0 atom stereocenters. The van der Waals surface area contributed by atoms with Gasteiger partial charge in [0.1, 0.15) is 11.6 Å². The summed E-state index contributed by atoms with van der Waals surface area (Å²) in [4.78, 5) is 25.0. The third-order valence-electron chi connectivity index (χ3n) is 5.41. The van der Waals surface area contributed by atoms with Crippen LogP contribution in [0.3, 0.4) is 0 Å². The van der Waals surface area contributed by atoms with E-state index in [2.05, 4.69) is 20.3 Å². The number of carbonyl (C=O) groups excluding carboxylic acids is 1. The number of hydrogen-bond acceptors (Lipinski definition) is 4. The average molecular weight is 484 g/mol. The lowest BCUT2D eigenvalue weighted by Crippen LogP contribution is -2.09. The summed E-state index contributed by atoms with van der Waals surface area (Å²) in [5.74, 6) is -0.213. The standard InChI is InChI=1S/C27H19ClFN5O/c28-23-15-31-26(33-27(35)7-4-18-8-10-30-11-9-18)14-22(23)20-5-6-24-25(13-20)34(17-32-24)16-19-2-1-3-21(29)12-19/h1-15,17H,16H2,(H,31,33,35). The number of imidazole rings is 1. The molecule has 8 heteroatoms. The molecule has 0 spiro atoms. The highest BCUT2D eigenvalue weighted by molar-refractivity contribution is 6.33. The van der Waals surface area contributed by atoms with Crippen molar-refractivity contribution >= 4 is 40.4 Å². The van der Waals surface area contributed by atoms with E-state index >= 15 is 0 Å². The van der Waals surface area contributed by atoms with Gasteiger partial charge < -0.3 is 9.88 Å². The number of anilines is 1. The highest BCUT2D eigenvalue weighted by Crippen LogP contribution is 2.31. The Kier molecular flexibility index (Phi) is 6.32. The molecule has 3 aromatic heterocycles. The molecule has 3 heterocycles. The quantitative estimate of drug-likeness (QED) is 0.301. The van der Waals surface area contributed by atoms with Crippen molar-refractivity contribution in [3.63, 3.8) is 0 Å². The fourth-order valence-corrected chi connectivity index (χ4v) is 3.94. The third-order valence-corrected chi connectivity index (χ3v) is 5.72. The Hall–Kier alpha value is -4.36. The van der Waals surface area contributed by atoms with E-state index in [0.29, 0.717) is 17.4 Å². The Morgan fingerprint density at radius 1 is 1.06 bits per heavy atom. The molecule has 1 amide bonds. The maximum absolute atomic E-state index is 13.6. The van der Waals surface area contributed by atoms with Crippen LogP contribution in [0.4, 0.5) is 10.2 Å². The summed E-state index contributed by atoms with van der Waals surface area (Å²) in [6.07, 6.45) is 9.68. The van der Waals surface area contributed by atoms with Crippen LogP contribution in [0.15, 0.2) is 91.7 Å². The largest absolute Gasteiger partial charge is 0.326 e. The van der Waals surface area contributed by atoms with Gasteiger partial charge in [0, 0.05) is 36.8 Å². The molecule has 0 aliphatic carbocycles. The number of benzene rings is 2. The van der Waals surface area contributed by atoms with Crippen LogP contribution in [0.1, 0.15) is 11.1 Å². The highest BCUT2D eigenvalue weighted by Gasteiger charge is 2.11. The minimum atomic E-state index is -0.314. The first-order valence-corrected chi connectivity index (χ1v) is 11.2. The minimum Gasteiger partial charge on any atom is -0.326 e. The molecular formula is C27H19ClFN5O. The van der Waals surface area contributed by atoms with Gasteiger partial charge in [0.2, 0.25) is 5.91 Å². The molecule has 0 saturated carbocycles. The number of aromatic nitrogens is 4. The van der Waals surface area contributed by atoms with Crippen molar-refractivity contribution in [1.29, 1.82) is 0 Å². The fourth-order valence-electron chi connectivity index (χ4n) is 3.72. The normalized spacial score (nSPS) is 11.3. The second-order valence-corrected chi connectivity index (χ2v) is 8.27. The molecule has 0 unspecified atom stereocenters. The van der Waals surface area contributed by atoms with E-state index in [1.807, 2.05) is 28.8 Å². The zero-order valence-corrected chi connectivity index (χ0v) is 19.2. The SMILES string of the molecule is O=C(C=Cc1ccncc1)Nc1cc(-c2ccc3ncn(Cc4cccc(F)c4)c3c2)c(Cl)cn1. The molecule has 0 aliphatic heterocycles. The first-order valence-electron chi connectivity index (χ1n) is 10.8. The van der Waals surface area contributed by atoms with E-state index in [1.54, 1.807) is 49.1 Å². The van der Waals surface area contributed by atoms with Crippen molar-refractivity contribution in [2.45, 2.75) is 6.54 Å². The lowest BCUT2D eigenvalue weighted by molar-refractivity contribution is -0.111. The summed E-state index contributed by atoms with van der Waals surface area (Å²) in [5, 5.41) is 3.22. The van der Waals surface area contributed by atoms with Crippen LogP contribution in [0.5, 0.6) is 0 Å². The molecular weight excluding hydrogens is 465 g/mol. The summed E-state index contributed by atoms with van der Waals surface area (Å²) in [6.45, 7) is 0.479. The van der Waals surface area contributed by atoms with Gasteiger partial charge in [-0.2, -0.15) is 0 Å². The molecule has 0 aliphatic rings. The van der Waals surface area contributed by atoms with Gasteiger partial charge in [-0.3, -0.25) is 9.78 Å². The van der Waals surface area contributed by atoms with Gasteiger partial charge in [-0.25, -0.2) is 14.4 Å². The van der Waals surface area contributed by atoms with Crippen molar-refractivity contribution in [1.82, 2.24) is 19.5 Å². The van der Waals surface area contributed by atoms with Crippen molar-refractivity contribution in [2.75, 3.05) is 5.32 Å². The zero-order valence-electron chi connectivity index (χ0n) is 18.4. The zero-order chi connectivity index (χ0) is 24.2. The van der Waals surface area contributed by atoms with E-state index in [4.69, 9.17) is 11.6 Å². The number of hydrogen-bond donors (Lipinski definition) is 1.